The van der Waals surface area contributed by atoms with E-state index in [1.54, 1.807) is 24.5 Å². The molecule has 3 heteroatoms. The predicted octanol–water partition coefficient (Wildman–Crippen LogP) is 1.34. The number of ketones is 2. The second-order valence-electron chi connectivity index (χ2n) is 2.93. The molecule has 0 unspecified atom stereocenters. The van der Waals surface area contributed by atoms with Gasteiger partial charge in [0.05, 0.1) is 0 Å². The van der Waals surface area contributed by atoms with Crippen LogP contribution in [0, 0.1) is 0 Å². The molecule has 0 aliphatic carbocycles. The minimum Gasteiger partial charge on any atom is -0.299 e. The van der Waals surface area contributed by atoms with Crippen LogP contribution in [0.5, 0.6) is 0 Å². The Hall–Kier alpha value is -1.51. The topological polar surface area (TPSA) is 47.0 Å². The number of rotatable bonds is 3. The lowest BCUT2D eigenvalue weighted by atomic mass is 9.93. The summed E-state index contributed by atoms with van der Waals surface area (Å²) in [7, 11) is 0. The van der Waals surface area contributed by atoms with Crippen molar-refractivity contribution in [1.29, 1.82) is 0 Å². The number of pyridine rings is 1. The van der Waals surface area contributed by atoms with Crippen molar-refractivity contribution in [3.8, 4) is 0 Å². The summed E-state index contributed by atoms with van der Waals surface area (Å²) in [5, 5.41) is 0. The highest BCUT2D eigenvalue weighted by Crippen LogP contribution is 2.16. The Balaban J connectivity index is 3.03. The molecule has 0 spiro atoms. The van der Waals surface area contributed by atoms with Crippen LogP contribution in [0.4, 0.5) is 0 Å². The van der Waals surface area contributed by atoms with Gasteiger partial charge in [0.1, 0.15) is 17.5 Å². The molecule has 1 aromatic heterocycles. The molecule has 0 amide bonds. The Kier molecular flexibility index (Phi) is 2.90. The fourth-order valence-corrected chi connectivity index (χ4v) is 1.31. The number of carbonyl (C=O) groups is 2. The molecular formula is C10H11NO2. The highest BCUT2D eigenvalue weighted by atomic mass is 16.1. The number of hydrogen-bond donors (Lipinski definition) is 0. The number of carbonyl (C=O) groups excluding carboxylic acids is 2. The fraction of sp³-hybridized carbons (Fsp3) is 0.300. The van der Waals surface area contributed by atoms with Gasteiger partial charge in [0.2, 0.25) is 0 Å². The summed E-state index contributed by atoms with van der Waals surface area (Å²) in [4.78, 5) is 26.1. The van der Waals surface area contributed by atoms with Crippen LogP contribution in [0.3, 0.4) is 0 Å². The molecule has 0 aliphatic heterocycles. The minimum absolute atomic E-state index is 0.126. The van der Waals surface area contributed by atoms with E-state index < -0.39 is 5.92 Å². The van der Waals surface area contributed by atoms with Gasteiger partial charge in [-0.05, 0) is 31.5 Å². The molecule has 0 fully saturated rings. The minimum atomic E-state index is -0.622. The first kappa shape index (κ1) is 9.58. The van der Waals surface area contributed by atoms with E-state index in [1.807, 2.05) is 0 Å². The average molecular weight is 177 g/mol. The van der Waals surface area contributed by atoms with E-state index in [0.29, 0.717) is 0 Å². The molecule has 13 heavy (non-hydrogen) atoms. The van der Waals surface area contributed by atoms with Crippen molar-refractivity contribution < 1.29 is 9.59 Å². The van der Waals surface area contributed by atoms with Crippen LogP contribution in [0.1, 0.15) is 25.3 Å². The highest BCUT2D eigenvalue weighted by Gasteiger charge is 2.20. The summed E-state index contributed by atoms with van der Waals surface area (Å²) in [5.41, 5.74) is 0.718. The van der Waals surface area contributed by atoms with Crippen molar-refractivity contribution in [2.45, 2.75) is 19.8 Å². The van der Waals surface area contributed by atoms with Crippen molar-refractivity contribution in [3.63, 3.8) is 0 Å². The Labute approximate surface area is 76.8 Å². The Bertz CT molecular complexity index is 305. The summed E-state index contributed by atoms with van der Waals surface area (Å²) in [6.07, 6.45) is 3.16. The maximum absolute atomic E-state index is 11.1. The molecule has 0 atom stereocenters. The third kappa shape index (κ3) is 2.21. The van der Waals surface area contributed by atoms with Crippen LogP contribution in [-0.4, -0.2) is 16.6 Å². The van der Waals surface area contributed by atoms with Gasteiger partial charge in [-0.1, -0.05) is 0 Å². The van der Waals surface area contributed by atoms with E-state index in [4.69, 9.17) is 0 Å². The third-order valence-corrected chi connectivity index (χ3v) is 1.85. The van der Waals surface area contributed by atoms with Crippen molar-refractivity contribution in [3.05, 3.63) is 30.1 Å². The second-order valence-corrected chi connectivity index (χ2v) is 2.93. The smallest absolute Gasteiger partial charge is 0.144 e. The van der Waals surface area contributed by atoms with Gasteiger partial charge in [0.25, 0.3) is 0 Å². The lowest BCUT2D eigenvalue weighted by Crippen LogP contribution is -2.16. The molecule has 68 valence electrons. The second kappa shape index (κ2) is 3.94. The maximum atomic E-state index is 11.1. The van der Waals surface area contributed by atoms with Crippen LogP contribution in [-0.2, 0) is 9.59 Å². The van der Waals surface area contributed by atoms with Crippen LogP contribution < -0.4 is 0 Å². The molecule has 0 saturated carbocycles. The zero-order chi connectivity index (χ0) is 9.84. The van der Waals surface area contributed by atoms with Gasteiger partial charge in [0.15, 0.2) is 0 Å². The molecule has 0 saturated heterocycles. The van der Waals surface area contributed by atoms with Crippen LogP contribution >= 0.6 is 0 Å². The van der Waals surface area contributed by atoms with Crippen LogP contribution in [0.15, 0.2) is 24.5 Å². The van der Waals surface area contributed by atoms with Crippen LogP contribution in [0.2, 0.25) is 0 Å². The summed E-state index contributed by atoms with van der Waals surface area (Å²) in [6.45, 7) is 2.85. The quantitative estimate of drug-likeness (QED) is 0.654. The fourth-order valence-electron chi connectivity index (χ4n) is 1.31. The first-order chi connectivity index (χ1) is 6.13. The number of nitrogens with zero attached hydrogens (tertiary/aromatic N) is 1. The highest BCUT2D eigenvalue weighted by molar-refractivity contribution is 6.05. The van der Waals surface area contributed by atoms with Crippen molar-refractivity contribution in [1.82, 2.24) is 4.98 Å². The van der Waals surface area contributed by atoms with Crippen molar-refractivity contribution in [2.75, 3.05) is 0 Å². The normalized spacial score (nSPS) is 10.1. The number of Topliss-reactive ketones (excluding diaryl/α,β-unsaturated/α-hetero) is 2. The van der Waals surface area contributed by atoms with E-state index in [9.17, 15) is 9.59 Å². The monoisotopic (exact) mass is 177 g/mol. The first-order valence-electron chi connectivity index (χ1n) is 4.03. The Morgan fingerprint density at radius 1 is 1.15 bits per heavy atom. The molecule has 0 aliphatic rings. The number of hydrogen-bond acceptors (Lipinski definition) is 3. The molecule has 1 rings (SSSR count). The SMILES string of the molecule is CC(=O)C(C(C)=O)c1ccncc1. The predicted molar refractivity (Wildman–Crippen MR) is 48.3 cm³/mol. The van der Waals surface area contributed by atoms with Gasteiger partial charge in [0, 0.05) is 12.4 Å². The van der Waals surface area contributed by atoms with Crippen molar-refractivity contribution in [2.24, 2.45) is 0 Å². The van der Waals surface area contributed by atoms with E-state index in [1.165, 1.54) is 13.8 Å². The summed E-state index contributed by atoms with van der Waals surface area (Å²) < 4.78 is 0. The van der Waals surface area contributed by atoms with Gasteiger partial charge in [-0.15, -0.1) is 0 Å². The van der Waals surface area contributed by atoms with Gasteiger partial charge in [-0.2, -0.15) is 0 Å². The zero-order valence-corrected chi connectivity index (χ0v) is 7.65. The summed E-state index contributed by atoms with van der Waals surface area (Å²) >= 11 is 0. The van der Waals surface area contributed by atoms with Gasteiger partial charge in [-0.3, -0.25) is 14.6 Å². The molecule has 0 radical (unpaired) electrons. The zero-order valence-electron chi connectivity index (χ0n) is 7.65. The lowest BCUT2D eigenvalue weighted by molar-refractivity contribution is -0.126. The average Bonchev–Trinajstić information content (AvgIpc) is 2.04. The van der Waals surface area contributed by atoms with Crippen molar-refractivity contribution >= 4 is 11.6 Å². The van der Waals surface area contributed by atoms with Crippen LogP contribution in [0.25, 0.3) is 0 Å². The molecule has 1 heterocycles. The van der Waals surface area contributed by atoms with Gasteiger partial charge < -0.3 is 0 Å². The standard InChI is InChI=1S/C10H11NO2/c1-7(12)10(8(2)13)9-3-5-11-6-4-9/h3-6,10H,1-2H3. The molecule has 3 nitrogen and oxygen atoms in total. The molecule has 0 bridgehead atoms. The lowest BCUT2D eigenvalue weighted by Gasteiger charge is -2.09. The number of aromatic nitrogens is 1. The Morgan fingerprint density at radius 2 is 1.62 bits per heavy atom. The van der Waals surface area contributed by atoms with E-state index in [0.717, 1.165) is 5.56 Å². The van der Waals surface area contributed by atoms with E-state index in [-0.39, 0.29) is 11.6 Å². The molecule has 1 aromatic rings. The molecule has 0 aromatic carbocycles. The van der Waals surface area contributed by atoms with E-state index in [2.05, 4.69) is 4.98 Å². The molecular weight excluding hydrogens is 166 g/mol. The largest absolute Gasteiger partial charge is 0.299 e. The maximum Gasteiger partial charge on any atom is 0.144 e. The van der Waals surface area contributed by atoms with E-state index >= 15 is 0 Å². The summed E-state index contributed by atoms with van der Waals surface area (Å²) in [6, 6.07) is 3.38. The Morgan fingerprint density at radius 3 is 2.00 bits per heavy atom. The van der Waals surface area contributed by atoms with Gasteiger partial charge >= 0.3 is 0 Å². The molecule has 0 N–H and O–H groups in total. The van der Waals surface area contributed by atoms with Gasteiger partial charge in [-0.25, -0.2) is 0 Å². The summed E-state index contributed by atoms with van der Waals surface area (Å²) in [5.74, 6) is -0.875. The first-order valence-corrected chi connectivity index (χ1v) is 4.03. The third-order valence-electron chi connectivity index (χ3n) is 1.85.